The van der Waals surface area contributed by atoms with Crippen LogP contribution in [0.3, 0.4) is 0 Å². The first-order valence-corrected chi connectivity index (χ1v) is 11.1. The molecular weight excluding hydrogens is 400 g/mol. The Hall–Kier alpha value is -3.52. The summed E-state index contributed by atoms with van der Waals surface area (Å²) in [5, 5.41) is 7.97. The predicted molar refractivity (Wildman–Crippen MR) is 127 cm³/mol. The van der Waals surface area contributed by atoms with Gasteiger partial charge in [-0.3, -0.25) is 4.98 Å². The lowest BCUT2D eigenvalue weighted by Gasteiger charge is -2.27. The summed E-state index contributed by atoms with van der Waals surface area (Å²) in [7, 11) is 0. The Kier molecular flexibility index (Phi) is 5.45. The molecule has 0 unspecified atom stereocenters. The summed E-state index contributed by atoms with van der Waals surface area (Å²) < 4.78 is 0. The van der Waals surface area contributed by atoms with Gasteiger partial charge < -0.3 is 16.1 Å². The summed E-state index contributed by atoms with van der Waals surface area (Å²) in [5.74, 6) is 7.27. The topological polar surface area (TPSA) is 97.8 Å². The van der Waals surface area contributed by atoms with Gasteiger partial charge in [0.15, 0.2) is 0 Å². The number of benzene rings is 1. The second kappa shape index (κ2) is 8.55. The van der Waals surface area contributed by atoms with Gasteiger partial charge in [-0.25, -0.2) is 9.97 Å². The number of pyridine rings is 1. The molecule has 1 aromatic carbocycles. The third kappa shape index (κ3) is 3.89. The van der Waals surface area contributed by atoms with Crippen LogP contribution in [-0.4, -0.2) is 51.0 Å². The normalized spacial score (nSPS) is 14.4. The van der Waals surface area contributed by atoms with E-state index >= 15 is 0 Å². The maximum absolute atomic E-state index is 6.29. The second-order valence-electron chi connectivity index (χ2n) is 8.48. The van der Waals surface area contributed by atoms with Crippen LogP contribution in [0.4, 0.5) is 5.95 Å². The highest BCUT2D eigenvalue weighted by Gasteiger charge is 2.22. The molecule has 0 atom stereocenters. The van der Waals surface area contributed by atoms with Crippen LogP contribution in [0.25, 0.3) is 22.3 Å². The van der Waals surface area contributed by atoms with Gasteiger partial charge in [0.25, 0.3) is 0 Å². The Balaban J connectivity index is 1.54. The van der Waals surface area contributed by atoms with E-state index in [4.69, 9.17) is 15.8 Å². The van der Waals surface area contributed by atoms with Crippen molar-refractivity contribution in [2.45, 2.75) is 26.2 Å². The smallest absolute Gasteiger partial charge is 0.226 e. The number of fused-ring (bicyclic) bond motifs is 1. The van der Waals surface area contributed by atoms with Crippen molar-refractivity contribution >= 4 is 17.0 Å². The molecule has 0 radical (unpaired) electrons. The molecule has 3 aromatic heterocycles. The Morgan fingerprint density at radius 3 is 2.50 bits per heavy atom. The average molecular weight is 429 g/mol. The van der Waals surface area contributed by atoms with E-state index in [9.17, 15) is 0 Å². The first-order chi connectivity index (χ1) is 15.6. The zero-order valence-corrected chi connectivity index (χ0v) is 18.5. The molecular formula is C24H28N8. The molecule has 0 aliphatic carbocycles. The first-order valence-electron chi connectivity index (χ1n) is 11.1. The number of aromatic nitrogens is 5. The average Bonchev–Trinajstić information content (AvgIpc) is 3.18. The molecule has 8 heteroatoms. The minimum atomic E-state index is 0.221. The molecule has 5 rings (SSSR count). The van der Waals surface area contributed by atoms with E-state index in [-0.39, 0.29) is 5.92 Å². The Morgan fingerprint density at radius 2 is 1.81 bits per heavy atom. The molecule has 0 bridgehead atoms. The number of nitrogens with two attached hydrogens (primary N) is 1. The van der Waals surface area contributed by atoms with Crippen molar-refractivity contribution in [3.63, 3.8) is 0 Å². The van der Waals surface area contributed by atoms with Crippen molar-refractivity contribution in [1.29, 1.82) is 0 Å². The van der Waals surface area contributed by atoms with Crippen LogP contribution < -0.4 is 16.1 Å². The number of hydrogen-bond acceptors (Lipinski definition) is 7. The van der Waals surface area contributed by atoms with E-state index in [0.29, 0.717) is 6.42 Å². The van der Waals surface area contributed by atoms with Crippen LogP contribution in [0.5, 0.6) is 0 Å². The standard InChI is InChI=1S/C24H28N8/c1-16(2)21-22-23(32(25)30-21)20(28-24(29-22)31-13-11-26-12-14-31)15-17-6-8-18(9-7-17)19-5-3-4-10-27-19/h3-10,16,26H,11-15,25H2,1-2H3. The van der Waals surface area contributed by atoms with E-state index in [1.807, 2.05) is 24.4 Å². The van der Waals surface area contributed by atoms with Crippen LogP contribution in [0.2, 0.25) is 0 Å². The highest BCUT2D eigenvalue weighted by atomic mass is 15.5. The van der Waals surface area contributed by atoms with Crippen molar-refractivity contribution in [3.05, 3.63) is 65.6 Å². The fourth-order valence-electron chi connectivity index (χ4n) is 4.16. The first kappa shape index (κ1) is 20.4. The van der Waals surface area contributed by atoms with Gasteiger partial charge in [-0.15, -0.1) is 0 Å². The summed E-state index contributed by atoms with van der Waals surface area (Å²) in [6.45, 7) is 7.86. The molecule has 3 N–H and O–H groups in total. The van der Waals surface area contributed by atoms with Crippen LogP contribution in [0.1, 0.15) is 36.7 Å². The van der Waals surface area contributed by atoms with Gasteiger partial charge in [-0.05, 0) is 23.6 Å². The number of anilines is 1. The minimum Gasteiger partial charge on any atom is -0.338 e. The van der Waals surface area contributed by atoms with Gasteiger partial charge >= 0.3 is 0 Å². The lowest BCUT2D eigenvalue weighted by atomic mass is 10.0. The van der Waals surface area contributed by atoms with Gasteiger partial charge in [0, 0.05) is 44.4 Å². The van der Waals surface area contributed by atoms with E-state index in [1.165, 1.54) is 4.79 Å². The maximum atomic E-state index is 6.29. The molecule has 0 saturated carbocycles. The van der Waals surface area contributed by atoms with Crippen molar-refractivity contribution in [3.8, 4) is 11.3 Å². The van der Waals surface area contributed by atoms with Gasteiger partial charge in [-0.1, -0.05) is 44.2 Å². The maximum Gasteiger partial charge on any atom is 0.226 e. The van der Waals surface area contributed by atoms with Gasteiger partial charge in [-0.2, -0.15) is 9.89 Å². The number of nitrogen functional groups attached to an aromatic ring is 1. The molecule has 1 aliphatic rings. The van der Waals surface area contributed by atoms with Crippen LogP contribution >= 0.6 is 0 Å². The van der Waals surface area contributed by atoms with E-state index < -0.39 is 0 Å². The molecule has 164 valence electrons. The number of nitrogens with one attached hydrogen (secondary N) is 1. The molecule has 1 saturated heterocycles. The molecule has 4 aromatic rings. The van der Waals surface area contributed by atoms with E-state index in [0.717, 1.165) is 71.4 Å². The fraction of sp³-hybridized carbons (Fsp3) is 0.333. The van der Waals surface area contributed by atoms with E-state index in [2.05, 4.69) is 58.4 Å². The molecule has 4 heterocycles. The predicted octanol–water partition coefficient (Wildman–Crippen LogP) is 2.73. The zero-order chi connectivity index (χ0) is 22.1. The van der Waals surface area contributed by atoms with Crippen LogP contribution in [0.15, 0.2) is 48.7 Å². The summed E-state index contributed by atoms with van der Waals surface area (Å²) >= 11 is 0. The van der Waals surface area contributed by atoms with Crippen LogP contribution in [0, 0.1) is 0 Å². The fourth-order valence-corrected chi connectivity index (χ4v) is 4.16. The number of nitrogens with zero attached hydrogens (tertiary/aromatic N) is 6. The molecule has 0 spiro atoms. The number of hydrogen-bond donors (Lipinski definition) is 2. The second-order valence-corrected chi connectivity index (χ2v) is 8.48. The molecule has 8 nitrogen and oxygen atoms in total. The van der Waals surface area contributed by atoms with Crippen molar-refractivity contribution in [2.24, 2.45) is 0 Å². The van der Waals surface area contributed by atoms with Crippen molar-refractivity contribution in [1.82, 2.24) is 30.2 Å². The third-order valence-corrected chi connectivity index (χ3v) is 5.86. The van der Waals surface area contributed by atoms with Crippen molar-refractivity contribution in [2.75, 3.05) is 36.9 Å². The van der Waals surface area contributed by atoms with E-state index in [1.54, 1.807) is 0 Å². The summed E-state index contributed by atoms with van der Waals surface area (Å²) in [4.78, 5) is 18.0. The lowest BCUT2D eigenvalue weighted by Crippen LogP contribution is -2.44. The Labute approximate surface area is 187 Å². The monoisotopic (exact) mass is 428 g/mol. The Morgan fingerprint density at radius 1 is 1.03 bits per heavy atom. The Bertz CT molecular complexity index is 1210. The highest BCUT2D eigenvalue weighted by Crippen LogP contribution is 2.28. The summed E-state index contributed by atoms with van der Waals surface area (Å²) in [6, 6.07) is 14.4. The number of piperazine rings is 1. The number of rotatable bonds is 5. The SMILES string of the molecule is CC(C)c1nn(N)c2c(Cc3ccc(-c4ccccn4)cc3)nc(N3CCNCC3)nc12. The highest BCUT2D eigenvalue weighted by molar-refractivity contribution is 5.82. The van der Waals surface area contributed by atoms with Gasteiger partial charge in [0.1, 0.15) is 11.0 Å². The van der Waals surface area contributed by atoms with Gasteiger partial charge in [0.2, 0.25) is 5.95 Å². The third-order valence-electron chi connectivity index (χ3n) is 5.86. The zero-order valence-electron chi connectivity index (χ0n) is 18.5. The van der Waals surface area contributed by atoms with Crippen LogP contribution in [-0.2, 0) is 6.42 Å². The lowest BCUT2D eigenvalue weighted by molar-refractivity contribution is 0.580. The van der Waals surface area contributed by atoms with Gasteiger partial charge in [0.05, 0.1) is 17.1 Å². The quantitative estimate of drug-likeness (QED) is 0.472. The molecule has 32 heavy (non-hydrogen) atoms. The summed E-state index contributed by atoms with van der Waals surface area (Å²) in [5.41, 5.74) is 6.68. The largest absolute Gasteiger partial charge is 0.338 e. The summed E-state index contributed by atoms with van der Waals surface area (Å²) in [6.07, 6.45) is 2.47. The van der Waals surface area contributed by atoms with Crippen molar-refractivity contribution < 1.29 is 0 Å². The molecule has 0 amide bonds. The minimum absolute atomic E-state index is 0.221. The molecule has 1 fully saturated rings. The molecule has 1 aliphatic heterocycles.